The molecule has 0 aromatic heterocycles. The first-order valence-electron chi connectivity index (χ1n) is 7.41. The van der Waals surface area contributed by atoms with Crippen LogP contribution in [0.2, 0.25) is 5.02 Å². The number of benzene rings is 2. The number of aliphatic hydroxyl groups is 1. The van der Waals surface area contributed by atoms with E-state index >= 15 is 0 Å². The maximum Gasteiger partial charge on any atom is 0.338 e. The van der Waals surface area contributed by atoms with Gasteiger partial charge in [0.2, 0.25) is 0 Å². The first kappa shape index (κ1) is 16.0. The van der Waals surface area contributed by atoms with Gasteiger partial charge in [-0.25, -0.2) is 4.79 Å². The van der Waals surface area contributed by atoms with E-state index in [1.54, 1.807) is 12.1 Å². The van der Waals surface area contributed by atoms with Crippen LogP contribution in [0, 0.1) is 0 Å². The average Bonchev–Trinajstić information content (AvgIpc) is 2.96. The molecule has 1 N–H and O–H groups in total. The third-order valence-electron chi connectivity index (χ3n) is 3.93. The monoisotopic (exact) mass is 332 g/mol. The molecule has 0 spiro atoms. The molecule has 1 heterocycles. The van der Waals surface area contributed by atoms with Crippen LogP contribution < -0.4 is 0 Å². The van der Waals surface area contributed by atoms with Crippen LogP contribution in [0.15, 0.2) is 54.6 Å². The first-order chi connectivity index (χ1) is 11.1. The fraction of sp³-hybridized carbons (Fsp3) is 0.278. The van der Waals surface area contributed by atoms with Crippen molar-refractivity contribution in [3.63, 3.8) is 0 Å². The van der Waals surface area contributed by atoms with Gasteiger partial charge in [0, 0.05) is 10.9 Å². The quantitative estimate of drug-likeness (QED) is 0.875. The van der Waals surface area contributed by atoms with E-state index in [4.69, 9.17) is 21.1 Å². The number of ether oxygens (including phenoxy) is 2. The predicted molar refractivity (Wildman–Crippen MR) is 86.2 cm³/mol. The molecule has 3 atom stereocenters. The minimum atomic E-state index is -0.959. The van der Waals surface area contributed by atoms with Crippen LogP contribution in [0.1, 0.15) is 17.0 Å². The van der Waals surface area contributed by atoms with Gasteiger partial charge in [-0.2, -0.15) is 0 Å². The van der Waals surface area contributed by atoms with Crippen molar-refractivity contribution in [2.45, 2.75) is 24.7 Å². The molecule has 2 aromatic rings. The van der Waals surface area contributed by atoms with Crippen molar-refractivity contribution < 1.29 is 19.4 Å². The molecule has 23 heavy (non-hydrogen) atoms. The van der Waals surface area contributed by atoms with Crippen molar-refractivity contribution in [2.75, 3.05) is 6.61 Å². The van der Waals surface area contributed by atoms with Gasteiger partial charge in [0.05, 0.1) is 6.61 Å². The highest BCUT2D eigenvalue weighted by molar-refractivity contribution is 6.30. The highest BCUT2D eigenvalue weighted by Crippen LogP contribution is 2.31. The van der Waals surface area contributed by atoms with Crippen LogP contribution in [0.25, 0.3) is 0 Å². The molecule has 0 amide bonds. The van der Waals surface area contributed by atoms with Gasteiger partial charge in [0.15, 0.2) is 6.10 Å². The molecule has 3 rings (SSSR count). The van der Waals surface area contributed by atoms with Gasteiger partial charge in [0.1, 0.15) is 12.7 Å². The topological polar surface area (TPSA) is 55.8 Å². The smallest absolute Gasteiger partial charge is 0.338 e. The van der Waals surface area contributed by atoms with Gasteiger partial charge in [-0.3, -0.25) is 0 Å². The van der Waals surface area contributed by atoms with E-state index in [0.29, 0.717) is 5.02 Å². The molecule has 120 valence electrons. The summed E-state index contributed by atoms with van der Waals surface area (Å²) in [6.45, 7) is 0.436. The van der Waals surface area contributed by atoms with E-state index in [0.717, 1.165) is 11.1 Å². The summed E-state index contributed by atoms with van der Waals surface area (Å²) in [5.74, 6) is -0.806. The van der Waals surface area contributed by atoms with E-state index in [1.807, 2.05) is 42.5 Å². The highest BCUT2D eigenvalue weighted by Gasteiger charge is 2.42. The molecule has 1 aliphatic heterocycles. The summed E-state index contributed by atoms with van der Waals surface area (Å²) in [5.41, 5.74) is 1.78. The Morgan fingerprint density at radius 1 is 1.17 bits per heavy atom. The van der Waals surface area contributed by atoms with Gasteiger partial charge in [-0.15, -0.1) is 0 Å². The molecule has 4 nitrogen and oxygen atoms in total. The Balaban J connectivity index is 1.60. The molecular weight excluding hydrogens is 316 g/mol. The molecule has 0 unspecified atom stereocenters. The molecule has 5 heteroatoms. The zero-order valence-electron chi connectivity index (χ0n) is 12.4. The van der Waals surface area contributed by atoms with E-state index in [1.165, 1.54) is 0 Å². The van der Waals surface area contributed by atoms with Crippen molar-refractivity contribution in [1.82, 2.24) is 0 Å². The molecule has 1 fully saturated rings. The number of hydrogen-bond acceptors (Lipinski definition) is 4. The lowest BCUT2D eigenvalue weighted by atomic mass is 9.93. The van der Waals surface area contributed by atoms with E-state index in [2.05, 4.69) is 0 Å². The first-order valence-corrected chi connectivity index (χ1v) is 7.78. The Bertz CT molecular complexity index is 656. The summed E-state index contributed by atoms with van der Waals surface area (Å²) in [7, 11) is 0. The summed E-state index contributed by atoms with van der Waals surface area (Å²) in [6, 6.07) is 16.6. The third kappa shape index (κ3) is 3.72. The second-order valence-corrected chi connectivity index (χ2v) is 5.93. The predicted octanol–water partition coefficient (Wildman–Crippen LogP) is 2.93. The molecule has 0 aliphatic carbocycles. The second-order valence-electron chi connectivity index (χ2n) is 5.50. The average molecular weight is 333 g/mol. The van der Waals surface area contributed by atoms with Gasteiger partial charge < -0.3 is 14.6 Å². The van der Waals surface area contributed by atoms with Crippen molar-refractivity contribution in [2.24, 2.45) is 0 Å². The maximum atomic E-state index is 12.1. The zero-order valence-corrected chi connectivity index (χ0v) is 13.1. The summed E-state index contributed by atoms with van der Waals surface area (Å²) in [6.07, 6.45) is -1.89. The number of hydrogen-bond donors (Lipinski definition) is 1. The number of carbonyl (C=O) groups excluding carboxylic acids is 1. The van der Waals surface area contributed by atoms with E-state index in [-0.39, 0.29) is 19.1 Å². The molecule has 0 saturated carbocycles. The van der Waals surface area contributed by atoms with Crippen LogP contribution in [0.4, 0.5) is 0 Å². The van der Waals surface area contributed by atoms with Gasteiger partial charge >= 0.3 is 5.97 Å². The van der Waals surface area contributed by atoms with E-state index in [9.17, 15) is 9.90 Å². The molecule has 2 aromatic carbocycles. The highest BCUT2D eigenvalue weighted by atomic mass is 35.5. The molecule has 0 radical (unpaired) electrons. The summed E-state index contributed by atoms with van der Waals surface area (Å²) < 4.78 is 10.7. The molecule has 1 saturated heterocycles. The molecule has 1 aliphatic rings. The van der Waals surface area contributed by atoms with Crippen LogP contribution in [-0.2, 0) is 20.9 Å². The minimum Gasteiger partial charge on any atom is -0.459 e. The summed E-state index contributed by atoms with van der Waals surface area (Å²) in [4.78, 5) is 12.1. The van der Waals surface area contributed by atoms with Crippen molar-refractivity contribution >= 4 is 17.6 Å². The zero-order chi connectivity index (χ0) is 16.2. The summed E-state index contributed by atoms with van der Waals surface area (Å²) in [5, 5.41) is 11.0. The van der Waals surface area contributed by atoms with Crippen molar-refractivity contribution in [1.29, 1.82) is 0 Å². The van der Waals surface area contributed by atoms with Gasteiger partial charge in [-0.05, 0) is 23.3 Å². The van der Waals surface area contributed by atoms with Crippen LogP contribution in [0.5, 0.6) is 0 Å². The minimum absolute atomic E-state index is 0.165. The maximum absolute atomic E-state index is 12.1. The molecule has 0 bridgehead atoms. The lowest BCUT2D eigenvalue weighted by molar-refractivity contribution is -0.159. The van der Waals surface area contributed by atoms with Crippen LogP contribution in [0.3, 0.4) is 0 Å². The Labute approximate surface area is 139 Å². The van der Waals surface area contributed by atoms with Gasteiger partial charge in [-0.1, -0.05) is 54.1 Å². The third-order valence-corrected chi connectivity index (χ3v) is 4.18. The lowest BCUT2D eigenvalue weighted by Gasteiger charge is -2.17. The second kappa shape index (κ2) is 7.13. The standard InChI is InChI=1S/C18H17ClO4/c19-14-8-6-13(7-9-14)15-11-22-17(16(15)20)18(21)23-10-12-4-2-1-3-5-12/h1-9,15-17,20H,10-11H2/t15-,16+,17+/m0/s1. The fourth-order valence-electron chi connectivity index (χ4n) is 2.64. The van der Waals surface area contributed by atoms with Crippen LogP contribution in [-0.4, -0.2) is 29.9 Å². The SMILES string of the molecule is O=C(OCc1ccccc1)[C@@H]1OC[C@@H](c2ccc(Cl)cc2)[C@H]1O. The number of esters is 1. The fourth-order valence-corrected chi connectivity index (χ4v) is 2.76. The Morgan fingerprint density at radius 3 is 2.57 bits per heavy atom. The van der Waals surface area contributed by atoms with E-state index < -0.39 is 18.2 Å². The number of carbonyl (C=O) groups is 1. The van der Waals surface area contributed by atoms with Crippen molar-refractivity contribution in [3.05, 3.63) is 70.7 Å². The van der Waals surface area contributed by atoms with Crippen molar-refractivity contribution in [3.8, 4) is 0 Å². The van der Waals surface area contributed by atoms with Gasteiger partial charge in [0.25, 0.3) is 0 Å². The number of rotatable bonds is 4. The number of halogens is 1. The lowest BCUT2D eigenvalue weighted by Crippen LogP contribution is -2.34. The Kier molecular flexibility index (Phi) is 4.96. The largest absolute Gasteiger partial charge is 0.459 e. The van der Waals surface area contributed by atoms with Crippen LogP contribution >= 0.6 is 11.6 Å². The summed E-state index contributed by atoms with van der Waals surface area (Å²) >= 11 is 5.87. The normalized spacial score (nSPS) is 23.7. The Hall–Kier alpha value is -1.88. The molecular formula is C18H17ClO4. The number of aliphatic hydroxyl groups excluding tert-OH is 1. The Morgan fingerprint density at radius 2 is 1.87 bits per heavy atom.